The van der Waals surface area contributed by atoms with Gasteiger partial charge in [-0.25, -0.2) is 0 Å². The maximum absolute atomic E-state index is 5.73. The number of aromatic nitrogens is 3. The number of thioether (sulfide) groups is 1. The van der Waals surface area contributed by atoms with E-state index in [2.05, 4.69) is 33.4 Å². The minimum absolute atomic E-state index is 0.520. The second kappa shape index (κ2) is 5.69. The molecule has 4 nitrogen and oxygen atoms in total. The molecule has 0 aliphatic rings. The van der Waals surface area contributed by atoms with Crippen LogP contribution in [0.4, 0.5) is 0 Å². The fourth-order valence-corrected chi connectivity index (χ4v) is 3.00. The highest BCUT2D eigenvalue weighted by molar-refractivity contribution is 7.98. The summed E-state index contributed by atoms with van der Waals surface area (Å²) in [6, 6.07) is 20.3. The van der Waals surface area contributed by atoms with Crippen molar-refractivity contribution in [2.45, 2.75) is 11.0 Å². The summed E-state index contributed by atoms with van der Waals surface area (Å²) in [5.41, 5.74) is 3.15. The van der Waals surface area contributed by atoms with E-state index in [0.717, 1.165) is 22.3 Å². The highest BCUT2D eigenvalue weighted by atomic mass is 32.2. The van der Waals surface area contributed by atoms with Crippen molar-refractivity contribution < 1.29 is 4.42 Å². The first-order chi connectivity index (χ1) is 10.9. The predicted molar refractivity (Wildman–Crippen MR) is 87.6 cm³/mol. The first-order valence-electron chi connectivity index (χ1n) is 6.97. The lowest BCUT2D eigenvalue weighted by molar-refractivity contribution is 0.465. The molecule has 0 fully saturated rings. The van der Waals surface area contributed by atoms with Gasteiger partial charge in [-0.1, -0.05) is 60.3 Å². The Balaban J connectivity index is 1.53. The molecular weight excluding hydrogens is 294 g/mol. The van der Waals surface area contributed by atoms with E-state index in [1.54, 1.807) is 11.8 Å². The number of nitrogens with one attached hydrogen (secondary N) is 1. The van der Waals surface area contributed by atoms with Crippen molar-refractivity contribution >= 4 is 22.7 Å². The number of para-hydroxylation sites is 1. The maximum atomic E-state index is 5.73. The van der Waals surface area contributed by atoms with Crippen molar-refractivity contribution in [3.63, 3.8) is 0 Å². The Bertz CT molecular complexity index is 865. The lowest BCUT2D eigenvalue weighted by Gasteiger charge is -1.96. The third kappa shape index (κ3) is 2.63. The molecule has 5 heteroatoms. The van der Waals surface area contributed by atoms with Gasteiger partial charge in [0.25, 0.3) is 11.1 Å². The van der Waals surface area contributed by atoms with Crippen molar-refractivity contribution in [3.8, 4) is 11.6 Å². The van der Waals surface area contributed by atoms with Crippen molar-refractivity contribution in [1.29, 1.82) is 0 Å². The molecule has 2 aromatic carbocycles. The second-order valence-corrected chi connectivity index (χ2v) is 5.84. The highest BCUT2D eigenvalue weighted by Gasteiger charge is 2.11. The first-order valence-corrected chi connectivity index (χ1v) is 7.95. The summed E-state index contributed by atoms with van der Waals surface area (Å²) in [4.78, 5) is 3.29. The minimum atomic E-state index is 0.520. The molecule has 0 saturated carbocycles. The van der Waals surface area contributed by atoms with Gasteiger partial charge in [0.05, 0.1) is 0 Å². The van der Waals surface area contributed by atoms with Crippen LogP contribution in [0.2, 0.25) is 0 Å². The third-order valence-electron chi connectivity index (χ3n) is 3.37. The predicted octanol–water partition coefficient (Wildman–Crippen LogP) is 4.51. The molecule has 0 radical (unpaired) electrons. The van der Waals surface area contributed by atoms with Crippen molar-refractivity contribution in [3.05, 3.63) is 66.2 Å². The summed E-state index contributed by atoms with van der Waals surface area (Å²) in [5, 5.41) is 9.94. The monoisotopic (exact) mass is 307 g/mol. The van der Waals surface area contributed by atoms with E-state index in [1.165, 1.54) is 5.56 Å². The number of fused-ring (bicyclic) bond motifs is 1. The SMILES string of the molecule is c1ccc(CSc2nnc(-c3cc4ccccc4[nH]3)o2)cc1. The quantitative estimate of drug-likeness (QED) is 0.564. The van der Waals surface area contributed by atoms with Crippen LogP contribution < -0.4 is 0 Å². The molecule has 22 heavy (non-hydrogen) atoms. The fourth-order valence-electron chi connectivity index (χ4n) is 2.28. The molecule has 0 unspecified atom stereocenters. The summed E-state index contributed by atoms with van der Waals surface area (Å²) in [6.07, 6.45) is 0. The number of hydrogen-bond donors (Lipinski definition) is 1. The number of rotatable bonds is 4. The van der Waals surface area contributed by atoms with E-state index < -0.39 is 0 Å². The van der Waals surface area contributed by atoms with E-state index in [1.807, 2.05) is 42.5 Å². The molecule has 0 atom stereocenters. The van der Waals surface area contributed by atoms with Gasteiger partial charge in [0.15, 0.2) is 0 Å². The molecule has 0 aliphatic heterocycles. The van der Waals surface area contributed by atoms with Crippen LogP contribution in [0.3, 0.4) is 0 Å². The van der Waals surface area contributed by atoms with Crippen LogP contribution in [0, 0.1) is 0 Å². The number of hydrogen-bond acceptors (Lipinski definition) is 4. The number of aromatic amines is 1. The first kappa shape index (κ1) is 13.2. The zero-order valence-corrected chi connectivity index (χ0v) is 12.5. The molecule has 4 rings (SSSR count). The standard InChI is InChI=1S/C17H13N3OS/c1-2-6-12(7-3-1)11-22-17-20-19-16(21-17)15-10-13-8-4-5-9-14(13)18-15/h1-10,18H,11H2. The smallest absolute Gasteiger partial charge is 0.277 e. The average molecular weight is 307 g/mol. The van der Waals surface area contributed by atoms with E-state index >= 15 is 0 Å². The van der Waals surface area contributed by atoms with Gasteiger partial charge >= 0.3 is 0 Å². The van der Waals surface area contributed by atoms with Crippen LogP contribution in [0.1, 0.15) is 5.56 Å². The van der Waals surface area contributed by atoms with Crippen LogP contribution in [-0.4, -0.2) is 15.2 Å². The number of benzene rings is 2. The van der Waals surface area contributed by atoms with Crippen molar-refractivity contribution in [2.24, 2.45) is 0 Å². The Labute approximate surface area is 131 Å². The van der Waals surface area contributed by atoms with Crippen LogP contribution in [0.25, 0.3) is 22.5 Å². The zero-order valence-electron chi connectivity index (χ0n) is 11.7. The summed E-state index contributed by atoms with van der Waals surface area (Å²) in [6.45, 7) is 0. The van der Waals surface area contributed by atoms with E-state index in [0.29, 0.717) is 11.1 Å². The Morgan fingerprint density at radius 2 is 1.77 bits per heavy atom. The highest BCUT2D eigenvalue weighted by Crippen LogP contribution is 2.27. The normalized spacial score (nSPS) is 11.1. The van der Waals surface area contributed by atoms with Gasteiger partial charge in [0.1, 0.15) is 5.69 Å². The van der Waals surface area contributed by atoms with Gasteiger partial charge in [-0.2, -0.15) is 0 Å². The van der Waals surface area contributed by atoms with Crippen molar-refractivity contribution in [2.75, 3.05) is 0 Å². The van der Waals surface area contributed by atoms with E-state index in [4.69, 9.17) is 4.42 Å². The number of H-pyrrole nitrogens is 1. The second-order valence-electron chi connectivity index (χ2n) is 4.92. The summed E-state index contributed by atoms with van der Waals surface area (Å²) in [7, 11) is 0. The molecule has 2 heterocycles. The average Bonchev–Trinajstić information content (AvgIpc) is 3.20. The molecule has 0 amide bonds. The van der Waals surface area contributed by atoms with Crippen molar-refractivity contribution in [1.82, 2.24) is 15.2 Å². The topological polar surface area (TPSA) is 54.7 Å². The van der Waals surface area contributed by atoms with Gasteiger partial charge in [0, 0.05) is 16.7 Å². The summed E-state index contributed by atoms with van der Waals surface area (Å²) >= 11 is 1.54. The molecule has 0 spiro atoms. The molecule has 2 aromatic heterocycles. The van der Waals surface area contributed by atoms with E-state index in [9.17, 15) is 0 Å². The van der Waals surface area contributed by atoms with E-state index in [-0.39, 0.29) is 0 Å². The van der Waals surface area contributed by atoms with Gasteiger partial charge in [0.2, 0.25) is 0 Å². The third-order valence-corrected chi connectivity index (χ3v) is 4.26. The molecule has 0 saturated heterocycles. The van der Waals surface area contributed by atoms with Gasteiger partial charge in [-0.15, -0.1) is 10.2 Å². The largest absolute Gasteiger partial charge is 0.410 e. The molecular formula is C17H13N3OS. The Morgan fingerprint density at radius 3 is 2.64 bits per heavy atom. The molecule has 108 valence electrons. The van der Waals surface area contributed by atoms with Crippen LogP contribution >= 0.6 is 11.8 Å². The zero-order chi connectivity index (χ0) is 14.8. The molecule has 0 aliphatic carbocycles. The minimum Gasteiger partial charge on any atom is -0.410 e. The van der Waals surface area contributed by atoms with Crippen LogP contribution in [-0.2, 0) is 5.75 Å². The molecule has 4 aromatic rings. The number of nitrogens with zero attached hydrogens (tertiary/aromatic N) is 2. The Hall–Kier alpha value is -2.53. The summed E-state index contributed by atoms with van der Waals surface area (Å²) < 4.78 is 5.73. The maximum Gasteiger partial charge on any atom is 0.277 e. The lowest BCUT2D eigenvalue weighted by atomic mass is 10.2. The molecule has 1 N–H and O–H groups in total. The summed E-state index contributed by atoms with van der Waals surface area (Å²) in [5.74, 6) is 1.33. The fraction of sp³-hybridized carbons (Fsp3) is 0.0588. The lowest BCUT2D eigenvalue weighted by Crippen LogP contribution is -1.79. The Kier molecular flexibility index (Phi) is 3.40. The van der Waals surface area contributed by atoms with Gasteiger partial charge in [-0.3, -0.25) is 0 Å². The van der Waals surface area contributed by atoms with Crippen LogP contribution in [0.15, 0.2) is 70.3 Å². The Morgan fingerprint density at radius 1 is 0.955 bits per heavy atom. The van der Waals surface area contributed by atoms with Gasteiger partial charge in [-0.05, 0) is 17.7 Å². The molecule has 0 bridgehead atoms. The van der Waals surface area contributed by atoms with Gasteiger partial charge < -0.3 is 9.40 Å². The van der Waals surface area contributed by atoms with Crippen LogP contribution in [0.5, 0.6) is 0 Å².